The highest BCUT2D eigenvalue weighted by molar-refractivity contribution is 14.0. The fraction of sp³-hybridized carbons (Fsp3) is 0.917. The number of hydrogen-bond acceptors (Lipinski definition) is 4. The fourth-order valence-electron chi connectivity index (χ4n) is 2.38. The van der Waals surface area contributed by atoms with E-state index in [1.165, 1.54) is 19.3 Å². The quantitative estimate of drug-likeness (QED) is 0.760. The van der Waals surface area contributed by atoms with Crippen LogP contribution >= 0.6 is 24.0 Å². The van der Waals surface area contributed by atoms with Gasteiger partial charge in [0.15, 0.2) is 5.96 Å². The van der Waals surface area contributed by atoms with Gasteiger partial charge in [-0.1, -0.05) is 6.92 Å². The van der Waals surface area contributed by atoms with Crippen LogP contribution in [0.2, 0.25) is 0 Å². The number of halogens is 1. The van der Waals surface area contributed by atoms with E-state index >= 15 is 0 Å². The number of ether oxygens (including phenoxy) is 1. The molecule has 0 aliphatic carbocycles. The van der Waals surface area contributed by atoms with Crippen molar-refractivity contribution in [3.63, 3.8) is 0 Å². The molecule has 0 aromatic heterocycles. The Balaban J connectivity index is 0.00000144. The van der Waals surface area contributed by atoms with Crippen LogP contribution in [0.15, 0.2) is 4.99 Å². The first-order valence-corrected chi connectivity index (χ1v) is 6.45. The van der Waals surface area contributed by atoms with Crippen LogP contribution in [0.4, 0.5) is 0 Å². The van der Waals surface area contributed by atoms with Crippen LogP contribution in [0.25, 0.3) is 0 Å². The smallest absolute Gasteiger partial charge is 0.191 e. The normalized spacial score (nSPS) is 23.0. The zero-order valence-corrected chi connectivity index (χ0v) is 13.0. The van der Waals surface area contributed by atoms with E-state index in [1.807, 2.05) is 0 Å². The first-order valence-electron chi connectivity index (χ1n) is 6.45. The molecule has 5 heteroatoms. The summed E-state index contributed by atoms with van der Waals surface area (Å²) in [6, 6.07) is 0. The minimum Gasteiger partial charge on any atom is -0.381 e. The topological polar surface area (TPSA) is 45.7 Å². The summed E-state index contributed by atoms with van der Waals surface area (Å²) in [5, 5.41) is 6.77. The Hall–Kier alpha value is -0.0400. The lowest BCUT2D eigenvalue weighted by Gasteiger charge is -2.37. The number of nitrogens with zero attached hydrogens (tertiary/aromatic N) is 1. The molecular formula is C12H24IN3O. The summed E-state index contributed by atoms with van der Waals surface area (Å²) in [6.45, 7) is 7.14. The van der Waals surface area contributed by atoms with Gasteiger partial charge >= 0.3 is 0 Å². The van der Waals surface area contributed by atoms with Gasteiger partial charge in [-0.15, -0.1) is 24.0 Å². The minimum absolute atomic E-state index is 0. The van der Waals surface area contributed by atoms with Crippen LogP contribution in [0.3, 0.4) is 0 Å². The second kappa shape index (κ2) is 7.41. The third kappa shape index (κ3) is 4.28. The molecule has 0 atom stereocenters. The van der Waals surface area contributed by atoms with E-state index in [4.69, 9.17) is 4.74 Å². The van der Waals surface area contributed by atoms with Crippen LogP contribution < -0.4 is 10.6 Å². The highest BCUT2D eigenvalue weighted by Gasteiger charge is 2.30. The summed E-state index contributed by atoms with van der Waals surface area (Å²) >= 11 is 0. The Morgan fingerprint density at radius 1 is 1.41 bits per heavy atom. The zero-order chi connectivity index (χ0) is 11.3. The second-order valence-electron chi connectivity index (χ2n) is 4.83. The van der Waals surface area contributed by atoms with E-state index in [0.29, 0.717) is 5.41 Å². The van der Waals surface area contributed by atoms with Gasteiger partial charge in [-0.3, -0.25) is 4.99 Å². The number of rotatable bonds is 3. The molecule has 1 saturated heterocycles. The van der Waals surface area contributed by atoms with Gasteiger partial charge in [0.25, 0.3) is 0 Å². The number of aliphatic imine (C=N–C) groups is 1. The molecule has 0 radical (unpaired) electrons. The maximum atomic E-state index is 5.44. The number of guanidine groups is 1. The molecule has 0 spiro atoms. The third-order valence-electron chi connectivity index (χ3n) is 3.83. The van der Waals surface area contributed by atoms with Crippen molar-refractivity contribution in [3.8, 4) is 0 Å². The zero-order valence-electron chi connectivity index (χ0n) is 10.6. The molecule has 0 unspecified atom stereocenters. The van der Waals surface area contributed by atoms with Crippen LogP contribution in [-0.4, -0.2) is 38.8 Å². The molecule has 2 rings (SSSR count). The molecule has 2 heterocycles. The second-order valence-corrected chi connectivity index (χ2v) is 4.83. The van der Waals surface area contributed by atoms with Crippen molar-refractivity contribution in [3.05, 3.63) is 0 Å². The van der Waals surface area contributed by atoms with Crippen LogP contribution in [0.1, 0.15) is 32.6 Å². The van der Waals surface area contributed by atoms with Crippen molar-refractivity contribution in [2.45, 2.75) is 32.6 Å². The standard InChI is InChI=1S/C12H23N3O.HI/c1-2-12(4-8-16-9-5-12)10-15-11-13-6-3-7-14-11;/h2-10H2,1H3,(H2,13,14,15);1H. The van der Waals surface area contributed by atoms with Gasteiger partial charge in [-0.2, -0.15) is 0 Å². The molecule has 2 N–H and O–H groups in total. The van der Waals surface area contributed by atoms with Gasteiger partial charge in [0.2, 0.25) is 0 Å². The Morgan fingerprint density at radius 3 is 2.76 bits per heavy atom. The molecule has 0 amide bonds. The lowest BCUT2D eigenvalue weighted by atomic mass is 9.78. The molecular weight excluding hydrogens is 329 g/mol. The van der Waals surface area contributed by atoms with Gasteiger partial charge in [-0.25, -0.2) is 0 Å². The van der Waals surface area contributed by atoms with E-state index in [1.54, 1.807) is 0 Å². The molecule has 1 fully saturated rings. The first-order chi connectivity index (χ1) is 7.85. The highest BCUT2D eigenvalue weighted by atomic mass is 127. The van der Waals surface area contributed by atoms with Crippen LogP contribution in [0.5, 0.6) is 0 Å². The van der Waals surface area contributed by atoms with Crippen molar-refractivity contribution >= 4 is 29.9 Å². The van der Waals surface area contributed by atoms with Gasteiger partial charge < -0.3 is 15.4 Å². The average Bonchev–Trinajstić information content (AvgIpc) is 2.39. The first kappa shape index (κ1) is 15.0. The lowest BCUT2D eigenvalue weighted by Crippen LogP contribution is -2.47. The molecule has 17 heavy (non-hydrogen) atoms. The molecule has 4 nitrogen and oxygen atoms in total. The van der Waals surface area contributed by atoms with Crippen molar-refractivity contribution < 1.29 is 4.74 Å². The van der Waals surface area contributed by atoms with Crippen LogP contribution in [-0.2, 0) is 4.74 Å². The molecule has 0 aromatic carbocycles. The summed E-state index contributed by atoms with van der Waals surface area (Å²) in [6.07, 6.45) is 4.71. The van der Waals surface area contributed by atoms with Crippen molar-refractivity contribution in [2.75, 3.05) is 32.8 Å². The SMILES string of the molecule is CCC1(CNC2=NCCCN2)CCOCC1.I. The fourth-order valence-corrected chi connectivity index (χ4v) is 2.38. The largest absolute Gasteiger partial charge is 0.381 e. The van der Waals surface area contributed by atoms with Crippen molar-refractivity contribution in [1.29, 1.82) is 0 Å². The van der Waals surface area contributed by atoms with Gasteiger partial charge in [0.1, 0.15) is 0 Å². The summed E-state index contributed by atoms with van der Waals surface area (Å²) < 4.78 is 5.44. The average molecular weight is 353 g/mol. The Bertz CT molecular complexity index is 252. The Labute approximate surface area is 121 Å². The Kier molecular flexibility index (Phi) is 6.54. The molecule has 0 aromatic rings. The maximum Gasteiger partial charge on any atom is 0.191 e. The predicted molar refractivity (Wildman–Crippen MR) is 81.1 cm³/mol. The van der Waals surface area contributed by atoms with E-state index in [-0.39, 0.29) is 24.0 Å². The van der Waals surface area contributed by atoms with Gasteiger partial charge in [0.05, 0.1) is 0 Å². The summed E-state index contributed by atoms with van der Waals surface area (Å²) in [4.78, 5) is 4.44. The van der Waals surface area contributed by atoms with Crippen molar-refractivity contribution in [1.82, 2.24) is 10.6 Å². The molecule has 100 valence electrons. The van der Waals surface area contributed by atoms with Crippen molar-refractivity contribution in [2.24, 2.45) is 10.4 Å². The number of hydrogen-bond donors (Lipinski definition) is 2. The van der Waals surface area contributed by atoms with E-state index in [2.05, 4.69) is 22.5 Å². The Morgan fingerprint density at radius 2 is 2.18 bits per heavy atom. The summed E-state index contributed by atoms with van der Waals surface area (Å²) in [5.74, 6) is 0.991. The molecule has 2 aliphatic heterocycles. The van der Waals surface area contributed by atoms with Crippen LogP contribution in [0, 0.1) is 5.41 Å². The molecule has 0 saturated carbocycles. The summed E-state index contributed by atoms with van der Waals surface area (Å²) in [7, 11) is 0. The molecule has 2 aliphatic rings. The van der Waals surface area contributed by atoms with Gasteiger partial charge in [-0.05, 0) is 31.1 Å². The third-order valence-corrected chi connectivity index (χ3v) is 3.83. The van der Waals surface area contributed by atoms with E-state index < -0.39 is 0 Å². The highest BCUT2D eigenvalue weighted by Crippen LogP contribution is 2.33. The van der Waals surface area contributed by atoms with Gasteiger partial charge in [0, 0.05) is 32.8 Å². The number of nitrogens with one attached hydrogen (secondary N) is 2. The minimum atomic E-state index is 0. The molecule has 0 bridgehead atoms. The van der Waals surface area contributed by atoms with E-state index in [0.717, 1.165) is 45.2 Å². The van der Waals surface area contributed by atoms with E-state index in [9.17, 15) is 0 Å². The summed E-state index contributed by atoms with van der Waals surface area (Å²) in [5.41, 5.74) is 0.417. The lowest BCUT2D eigenvalue weighted by molar-refractivity contribution is 0.0148. The monoisotopic (exact) mass is 353 g/mol. The maximum absolute atomic E-state index is 5.44. The predicted octanol–water partition coefficient (Wildman–Crippen LogP) is 1.75.